The van der Waals surface area contributed by atoms with Crippen LogP contribution in [0.5, 0.6) is 0 Å². The maximum absolute atomic E-state index is 7.01. The maximum atomic E-state index is 7.01. The smallest absolute Gasteiger partial charge is 0.246 e. The summed E-state index contributed by atoms with van der Waals surface area (Å²) >= 11 is 0. The Kier molecular flexibility index (Phi) is 8.07. The highest BCUT2D eigenvalue weighted by atomic mass is 16.3. The zero-order chi connectivity index (χ0) is 47.0. The van der Waals surface area contributed by atoms with E-state index in [1.54, 1.807) is 0 Å². The van der Waals surface area contributed by atoms with Crippen LogP contribution in [-0.2, 0) is 0 Å². The molecule has 11 aromatic carbocycles. The van der Waals surface area contributed by atoms with E-state index in [-0.39, 0.29) is 0 Å². The molecule has 16 aromatic rings. The molecule has 0 saturated carbocycles. The van der Waals surface area contributed by atoms with Crippen LogP contribution >= 0.6 is 0 Å². The van der Waals surface area contributed by atoms with Crippen LogP contribution in [-0.4, -0.2) is 23.7 Å². The Morgan fingerprint density at radius 3 is 1.43 bits per heavy atom. The van der Waals surface area contributed by atoms with E-state index in [4.69, 9.17) is 14.4 Å². The van der Waals surface area contributed by atoms with Gasteiger partial charge in [0.1, 0.15) is 16.8 Å². The second-order valence-electron chi connectivity index (χ2n) is 18.8. The third kappa shape index (κ3) is 5.38. The highest BCUT2D eigenvalue weighted by molar-refractivity contribution is 6.30. The SMILES string of the molecule is c1ccc(-n2c3ccccc3c3ccc4c5cc(-c6nc7c(nc6-c6ccccc6-n6c8ccccc8c8ccccc86)oc6c8ccccc8c8ccccc8c76)ccc5n(-c5ccccc5)c4c32)cc1. The molecule has 0 aliphatic rings. The number of aromatic nitrogens is 5. The van der Waals surface area contributed by atoms with E-state index in [9.17, 15) is 0 Å². The molecule has 0 aliphatic heterocycles. The Balaban J connectivity index is 1.04. The molecule has 5 heterocycles. The summed E-state index contributed by atoms with van der Waals surface area (Å²) < 4.78 is 14.3. The molecule has 0 saturated heterocycles. The van der Waals surface area contributed by atoms with Gasteiger partial charge in [-0.05, 0) is 76.8 Å². The predicted molar refractivity (Wildman–Crippen MR) is 298 cm³/mol. The van der Waals surface area contributed by atoms with Gasteiger partial charge in [-0.2, -0.15) is 0 Å². The lowest BCUT2D eigenvalue weighted by Crippen LogP contribution is -2.01. The van der Waals surface area contributed by atoms with Crippen molar-refractivity contribution in [3.05, 3.63) is 237 Å². The van der Waals surface area contributed by atoms with Gasteiger partial charge in [0, 0.05) is 60.2 Å². The topological polar surface area (TPSA) is 53.7 Å². The number of fused-ring (bicyclic) bond motifs is 18. The van der Waals surface area contributed by atoms with Gasteiger partial charge < -0.3 is 18.1 Å². The normalized spacial score (nSPS) is 12.2. The molecular weight excluding hydrogens is 879 g/mol. The Bertz CT molecular complexity index is 4870. The second-order valence-corrected chi connectivity index (χ2v) is 18.8. The summed E-state index contributed by atoms with van der Waals surface area (Å²) in [4.78, 5) is 11.5. The van der Waals surface area contributed by atoms with Crippen LogP contribution in [0.3, 0.4) is 0 Å². The van der Waals surface area contributed by atoms with Crippen molar-refractivity contribution in [1.82, 2.24) is 23.7 Å². The minimum absolute atomic E-state index is 0.500. The number of hydrogen-bond acceptors (Lipinski definition) is 3. The number of hydrogen-bond donors (Lipinski definition) is 0. The summed E-state index contributed by atoms with van der Waals surface area (Å²) in [6, 6.07) is 84.8. The standard InChI is InChI=1S/C66H39N5O/c1-3-19-41(20-4-1)69-54-31-15-13-27-47(54)49-36-37-50-53-39-40(35-38-58(53)70(64(50)63(49)69)42-21-5-2-6-22-42)60-61(52-30-14-18-34-57(52)71-55-32-16-11-25-45(55)46-26-12-17-33-56(46)71)68-66-62(67-60)59-48-28-9-7-23-43(48)44-24-8-10-29-51(44)65(59)72-66/h1-39H. The van der Waals surface area contributed by atoms with Gasteiger partial charge in [0.2, 0.25) is 5.71 Å². The van der Waals surface area contributed by atoms with Gasteiger partial charge in [0.15, 0.2) is 0 Å². The predicted octanol–water partition coefficient (Wildman–Crippen LogP) is 17.3. The summed E-state index contributed by atoms with van der Waals surface area (Å²) in [6.07, 6.45) is 0. The van der Waals surface area contributed by atoms with Gasteiger partial charge in [-0.3, -0.25) is 0 Å². The molecule has 6 heteroatoms. The van der Waals surface area contributed by atoms with Crippen LogP contribution in [0.2, 0.25) is 0 Å². The minimum atomic E-state index is 0.500. The molecule has 0 aliphatic carbocycles. The van der Waals surface area contributed by atoms with Crippen molar-refractivity contribution in [2.75, 3.05) is 0 Å². The Hall–Kier alpha value is -9.78. The Morgan fingerprint density at radius 2 is 0.792 bits per heavy atom. The largest absolute Gasteiger partial charge is 0.436 e. The van der Waals surface area contributed by atoms with Gasteiger partial charge in [-0.1, -0.05) is 176 Å². The molecule has 0 unspecified atom stereocenters. The lowest BCUT2D eigenvalue weighted by atomic mass is 9.97. The first-order valence-corrected chi connectivity index (χ1v) is 24.5. The summed E-state index contributed by atoms with van der Waals surface area (Å²) in [5, 5.41) is 12.5. The quantitative estimate of drug-likeness (QED) is 0.162. The second kappa shape index (κ2) is 14.9. The molecule has 0 bridgehead atoms. The lowest BCUT2D eigenvalue weighted by Gasteiger charge is -2.16. The minimum Gasteiger partial charge on any atom is -0.436 e. The van der Waals surface area contributed by atoms with Crippen LogP contribution in [0, 0.1) is 0 Å². The molecule has 6 nitrogen and oxygen atoms in total. The molecule has 0 atom stereocenters. The number of benzene rings is 11. The van der Waals surface area contributed by atoms with Crippen molar-refractivity contribution in [2.24, 2.45) is 0 Å². The van der Waals surface area contributed by atoms with Crippen LogP contribution in [0.4, 0.5) is 0 Å². The van der Waals surface area contributed by atoms with Crippen molar-refractivity contribution in [2.45, 2.75) is 0 Å². The highest BCUT2D eigenvalue weighted by Crippen LogP contribution is 2.46. The number of nitrogens with zero attached hydrogens (tertiary/aromatic N) is 5. The summed E-state index contributed by atoms with van der Waals surface area (Å²) in [5.74, 6) is 0. The van der Waals surface area contributed by atoms with Gasteiger partial charge >= 0.3 is 0 Å². The number of para-hydroxylation sites is 6. The molecule has 5 aromatic heterocycles. The number of furan rings is 1. The Labute approximate surface area is 411 Å². The van der Waals surface area contributed by atoms with Crippen molar-refractivity contribution >= 4 is 109 Å². The van der Waals surface area contributed by atoms with E-state index in [0.29, 0.717) is 5.71 Å². The van der Waals surface area contributed by atoms with E-state index in [0.717, 1.165) is 116 Å². The molecule has 16 rings (SSSR count). The average molecular weight is 918 g/mol. The van der Waals surface area contributed by atoms with E-state index >= 15 is 0 Å². The van der Waals surface area contributed by atoms with E-state index in [1.165, 1.54) is 27.1 Å². The molecule has 72 heavy (non-hydrogen) atoms. The molecule has 0 fully saturated rings. The van der Waals surface area contributed by atoms with Gasteiger partial charge in [-0.25, -0.2) is 9.97 Å². The van der Waals surface area contributed by atoms with Gasteiger partial charge in [0.25, 0.3) is 0 Å². The fourth-order valence-electron chi connectivity index (χ4n) is 12.0. The van der Waals surface area contributed by atoms with E-state index < -0.39 is 0 Å². The summed E-state index contributed by atoms with van der Waals surface area (Å²) in [5.41, 5.74) is 15.5. The maximum Gasteiger partial charge on any atom is 0.246 e. The van der Waals surface area contributed by atoms with Crippen molar-refractivity contribution in [3.63, 3.8) is 0 Å². The monoisotopic (exact) mass is 917 g/mol. The molecule has 0 amide bonds. The van der Waals surface area contributed by atoms with Crippen molar-refractivity contribution in [3.8, 4) is 39.6 Å². The fourth-order valence-corrected chi connectivity index (χ4v) is 12.0. The van der Waals surface area contributed by atoms with Crippen LogP contribution in [0.25, 0.3) is 149 Å². The zero-order valence-electron chi connectivity index (χ0n) is 38.7. The van der Waals surface area contributed by atoms with Crippen LogP contribution < -0.4 is 0 Å². The summed E-state index contributed by atoms with van der Waals surface area (Å²) in [6.45, 7) is 0. The van der Waals surface area contributed by atoms with Crippen molar-refractivity contribution in [1.29, 1.82) is 0 Å². The van der Waals surface area contributed by atoms with Crippen molar-refractivity contribution < 1.29 is 4.42 Å². The van der Waals surface area contributed by atoms with E-state index in [1.807, 2.05) is 0 Å². The van der Waals surface area contributed by atoms with Gasteiger partial charge in [0.05, 0.1) is 49.9 Å². The molecule has 0 N–H and O–H groups in total. The highest BCUT2D eigenvalue weighted by Gasteiger charge is 2.26. The first-order valence-electron chi connectivity index (χ1n) is 24.5. The Morgan fingerprint density at radius 1 is 0.319 bits per heavy atom. The average Bonchev–Trinajstić information content (AvgIpc) is 4.20. The van der Waals surface area contributed by atoms with Crippen LogP contribution in [0.15, 0.2) is 241 Å². The summed E-state index contributed by atoms with van der Waals surface area (Å²) in [7, 11) is 0. The zero-order valence-corrected chi connectivity index (χ0v) is 38.7. The number of rotatable bonds is 5. The van der Waals surface area contributed by atoms with E-state index in [2.05, 4.69) is 250 Å². The third-order valence-corrected chi connectivity index (χ3v) is 15.0. The first-order chi connectivity index (χ1) is 35.8. The third-order valence-electron chi connectivity index (χ3n) is 15.0. The molecule has 0 spiro atoms. The lowest BCUT2D eigenvalue weighted by molar-refractivity contribution is 0.657. The first kappa shape index (κ1) is 39.1. The van der Waals surface area contributed by atoms with Crippen LogP contribution in [0.1, 0.15) is 0 Å². The molecular formula is C66H39N5O. The van der Waals surface area contributed by atoms with Gasteiger partial charge in [-0.15, -0.1) is 0 Å². The fraction of sp³-hybridized carbons (Fsp3) is 0. The molecule has 0 radical (unpaired) electrons. The molecule has 334 valence electrons.